The van der Waals surface area contributed by atoms with Gasteiger partial charge in [0, 0.05) is 12.1 Å². The molecule has 0 radical (unpaired) electrons. The lowest BCUT2D eigenvalue weighted by Crippen LogP contribution is -2.24. The van der Waals surface area contributed by atoms with Gasteiger partial charge in [0.2, 0.25) is 0 Å². The third kappa shape index (κ3) is 4.61. The van der Waals surface area contributed by atoms with E-state index >= 15 is 0 Å². The molecule has 0 fully saturated rings. The van der Waals surface area contributed by atoms with Crippen molar-refractivity contribution in [2.75, 3.05) is 4.72 Å². The number of hydrogen-bond acceptors (Lipinski definition) is 4. The normalized spacial score (nSPS) is 11.5. The predicted octanol–water partition coefficient (Wildman–Crippen LogP) is 4.40. The Hall–Kier alpha value is -3.65. The maximum atomic E-state index is 12.8. The average Bonchev–Trinajstić information content (AvgIpc) is 3.18. The molecule has 33 heavy (non-hydrogen) atoms. The zero-order valence-corrected chi connectivity index (χ0v) is 19.6. The van der Waals surface area contributed by atoms with Gasteiger partial charge >= 0.3 is 0 Å². The highest BCUT2D eigenvalue weighted by Gasteiger charge is 2.17. The van der Waals surface area contributed by atoms with Crippen LogP contribution in [0.2, 0.25) is 0 Å². The van der Waals surface area contributed by atoms with Crippen LogP contribution in [0.15, 0.2) is 71.6 Å². The Morgan fingerprint density at radius 1 is 0.970 bits per heavy atom. The monoisotopic (exact) mass is 462 g/mol. The first-order chi connectivity index (χ1) is 15.8. The van der Waals surface area contributed by atoms with E-state index in [2.05, 4.69) is 19.6 Å². The maximum Gasteiger partial charge on any atom is 0.261 e. The van der Waals surface area contributed by atoms with Crippen molar-refractivity contribution in [3.63, 3.8) is 0 Å². The molecule has 0 unspecified atom stereocenters. The number of hydrogen-bond donors (Lipinski definition) is 2. The quantitative estimate of drug-likeness (QED) is 0.426. The highest BCUT2D eigenvalue weighted by Crippen LogP contribution is 2.22. The molecule has 0 bridgehead atoms. The van der Waals surface area contributed by atoms with Crippen LogP contribution in [-0.2, 0) is 23.1 Å². The van der Waals surface area contributed by atoms with E-state index in [4.69, 9.17) is 0 Å². The Balaban J connectivity index is 1.47. The van der Waals surface area contributed by atoms with Gasteiger partial charge in [-0.3, -0.25) is 9.52 Å². The van der Waals surface area contributed by atoms with Gasteiger partial charge in [0.15, 0.2) is 0 Å². The molecular formula is C25H26N4O3S. The topological polar surface area (TPSA) is 93.1 Å². The summed E-state index contributed by atoms with van der Waals surface area (Å²) in [6, 6.07) is 19.2. The molecular weight excluding hydrogens is 436 g/mol. The second kappa shape index (κ2) is 9.07. The van der Waals surface area contributed by atoms with E-state index in [1.54, 1.807) is 12.1 Å². The summed E-state index contributed by atoms with van der Waals surface area (Å²) in [6.07, 6.45) is 0. The number of sulfonamides is 1. The van der Waals surface area contributed by atoms with Crippen LogP contribution in [0.1, 0.15) is 34.2 Å². The van der Waals surface area contributed by atoms with Gasteiger partial charge in [-0.1, -0.05) is 24.3 Å². The first kappa shape index (κ1) is 22.5. The number of carbonyl (C=O) groups is 1. The molecule has 0 atom stereocenters. The molecule has 1 aromatic heterocycles. The van der Waals surface area contributed by atoms with E-state index in [-0.39, 0.29) is 17.3 Å². The highest BCUT2D eigenvalue weighted by atomic mass is 32.2. The van der Waals surface area contributed by atoms with Crippen molar-refractivity contribution >= 4 is 32.7 Å². The van der Waals surface area contributed by atoms with Crippen LogP contribution >= 0.6 is 0 Å². The van der Waals surface area contributed by atoms with E-state index in [0.717, 1.165) is 34.5 Å². The minimum absolute atomic E-state index is 0.0905. The van der Waals surface area contributed by atoms with Crippen LogP contribution in [-0.4, -0.2) is 23.9 Å². The fraction of sp³-hybridized carbons (Fsp3) is 0.200. The number of aryl methyl sites for hydroxylation is 2. The van der Waals surface area contributed by atoms with Crippen molar-refractivity contribution in [1.29, 1.82) is 0 Å². The number of nitrogens with one attached hydrogen (secondary N) is 2. The van der Waals surface area contributed by atoms with E-state index in [1.807, 2.05) is 51.1 Å². The second-order valence-corrected chi connectivity index (χ2v) is 9.50. The molecule has 4 rings (SSSR count). The van der Waals surface area contributed by atoms with Gasteiger partial charge in [0.05, 0.1) is 28.2 Å². The molecule has 170 valence electrons. The van der Waals surface area contributed by atoms with Gasteiger partial charge < -0.3 is 9.88 Å². The van der Waals surface area contributed by atoms with Crippen LogP contribution < -0.4 is 10.0 Å². The third-order valence-corrected chi connectivity index (χ3v) is 7.11. The molecule has 3 aromatic carbocycles. The van der Waals surface area contributed by atoms with Gasteiger partial charge in [-0.2, -0.15) is 0 Å². The van der Waals surface area contributed by atoms with Crippen LogP contribution in [0.3, 0.4) is 0 Å². The van der Waals surface area contributed by atoms with Crippen molar-refractivity contribution in [1.82, 2.24) is 14.9 Å². The van der Waals surface area contributed by atoms with Crippen molar-refractivity contribution < 1.29 is 13.2 Å². The van der Waals surface area contributed by atoms with Crippen molar-refractivity contribution in [2.24, 2.45) is 0 Å². The van der Waals surface area contributed by atoms with E-state index < -0.39 is 10.0 Å². The van der Waals surface area contributed by atoms with Crippen molar-refractivity contribution in [2.45, 2.75) is 38.8 Å². The molecule has 2 N–H and O–H groups in total. The Labute approximate surface area is 193 Å². The summed E-state index contributed by atoms with van der Waals surface area (Å²) in [5.74, 6) is 0.472. The molecule has 0 aliphatic heterocycles. The molecule has 0 saturated carbocycles. The largest absolute Gasteiger partial charge is 0.345 e. The molecule has 1 heterocycles. The number of benzene rings is 3. The number of anilines is 1. The van der Waals surface area contributed by atoms with Gasteiger partial charge in [0.25, 0.3) is 15.9 Å². The molecule has 7 nitrogen and oxygen atoms in total. The number of carbonyl (C=O) groups excluding carboxylic acids is 1. The number of aromatic nitrogens is 2. The van der Waals surface area contributed by atoms with E-state index in [9.17, 15) is 13.2 Å². The summed E-state index contributed by atoms with van der Waals surface area (Å²) < 4.78 is 30.3. The number of amides is 1. The van der Waals surface area contributed by atoms with Crippen LogP contribution in [0.25, 0.3) is 11.0 Å². The molecule has 0 saturated heterocycles. The lowest BCUT2D eigenvalue weighted by molar-refractivity contribution is 0.0949. The first-order valence-electron chi connectivity index (χ1n) is 10.7. The van der Waals surface area contributed by atoms with Crippen LogP contribution in [0, 0.1) is 13.8 Å². The smallest absolute Gasteiger partial charge is 0.261 e. The van der Waals surface area contributed by atoms with E-state index in [1.165, 1.54) is 24.3 Å². The summed E-state index contributed by atoms with van der Waals surface area (Å²) in [4.78, 5) is 17.4. The standard InChI is InChI=1S/C25H26N4O3S/c1-4-29-23-11-6-5-9-22(23)27-24(29)16-26-25(30)19-12-14-20(15-13-19)33(31,32)28-21-10-7-8-17(2)18(21)3/h5-15,28H,4,16H2,1-3H3,(H,26,30). The van der Waals surface area contributed by atoms with Crippen molar-refractivity contribution in [3.05, 3.63) is 89.2 Å². The average molecular weight is 463 g/mol. The number of para-hydroxylation sites is 2. The lowest BCUT2D eigenvalue weighted by Gasteiger charge is -2.12. The fourth-order valence-electron chi connectivity index (χ4n) is 3.73. The summed E-state index contributed by atoms with van der Waals surface area (Å²) >= 11 is 0. The Bertz CT molecular complexity index is 1420. The van der Waals surface area contributed by atoms with E-state index in [0.29, 0.717) is 11.3 Å². The predicted molar refractivity (Wildman–Crippen MR) is 130 cm³/mol. The summed E-state index contributed by atoms with van der Waals surface area (Å²) in [5.41, 5.74) is 4.69. The Morgan fingerprint density at radius 2 is 1.70 bits per heavy atom. The minimum Gasteiger partial charge on any atom is -0.345 e. The molecule has 0 aliphatic carbocycles. The highest BCUT2D eigenvalue weighted by molar-refractivity contribution is 7.92. The zero-order valence-electron chi connectivity index (χ0n) is 18.8. The Kier molecular flexibility index (Phi) is 6.20. The fourth-order valence-corrected chi connectivity index (χ4v) is 4.85. The van der Waals surface area contributed by atoms with Crippen LogP contribution in [0.5, 0.6) is 0 Å². The number of imidazole rings is 1. The first-order valence-corrected chi connectivity index (χ1v) is 12.2. The van der Waals surface area contributed by atoms with Gasteiger partial charge in [0.1, 0.15) is 5.82 Å². The third-order valence-electron chi connectivity index (χ3n) is 5.73. The molecule has 0 spiro atoms. The van der Waals surface area contributed by atoms with Gasteiger partial charge in [-0.25, -0.2) is 13.4 Å². The Morgan fingerprint density at radius 3 is 2.42 bits per heavy atom. The zero-order chi connectivity index (χ0) is 23.6. The molecule has 4 aromatic rings. The van der Waals surface area contributed by atoms with Crippen molar-refractivity contribution in [3.8, 4) is 0 Å². The molecule has 1 amide bonds. The number of fused-ring (bicyclic) bond motifs is 1. The minimum atomic E-state index is -3.77. The lowest BCUT2D eigenvalue weighted by atomic mass is 10.1. The van der Waals surface area contributed by atoms with Gasteiger partial charge in [-0.15, -0.1) is 0 Å². The number of nitrogens with zero attached hydrogens (tertiary/aromatic N) is 2. The summed E-state index contributed by atoms with van der Waals surface area (Å²) in [7, 11) is -3.77. The van der Waals surface area contributed by atoms with Gasteiger partial charge in [-0.05, 0) is 74.4 Å². The molecule has 0 aliphatic rings. The SMILES string of the molecule is CCn1c(CNC(=O)c2ccc(S(=O)(=O)Nc3cccc(C)c3C)cc2)nc2ccccc21. The molecule has 8 heteroatoms. The summed E-state index contributed by atoms with van der Waals surface area (Å²) in [5, 5.41) is 2.88. The summed E-state index contributed by atoms with van der Waals surface area (Å²) in [6.45, 7) is 6.84. The second-order valence-electron chi connectivity index (χ2n) is 7.82. The number of rotatable bonds is 7. The maximum absolute atomic E-state index is 12.8. The van der Waals surface area contributed by atoms with Crippen LogP contribution in [0.4, 0.5) is 5.69 Å².